The number of imide groups is 1. The molecule has 39 heavy (non-hydrogen) atoms. The predicted molar refractivity (Wildman–Crippen MR) is 116 cm³/mol. The molecule has 200 valence electrons. The van der Waals surface area contributed by atoms with Crippen LogP contribution in [0.3, 0.4) is 0 Å². The van der Waals surface area contributed by atoms with Crippen molar-refractivity contribution in [1.29, 1.82) is 5.26 Å². The molecule has 0 spiro atoms. The summed E-state index contributed by atoms with van der Waals surface area (Å²) in [5, 5.41) is 10.2. The molecule has 0 bridgehead atoms. The summed E-state index contributed by atoms with van der Waals surface area (Å²) in [6, 6.07) is 8.41. The van der Waals surface area contributed by atoms with Crippen molar-refractivity contribution in [1.82, 2.24) is 4.90 Å². The molecule has 0 saturated heterocycles. The van der Waals surface area contributed by atoms with Crippen molar-refractivity contribution in [2.45, 2.75) is 18.4 Å². The molecule has 3 aromatic carbocycles. The Bertz CT molecular complexity index is 1500. The first kappa shape index (κ1) is 27.2. The number of carbonyl (C=O) groups excluding carboxylic acids is 3. The number of hydrogen-bond acceptors (Lipinski definition) is 4. The fraction of sp³-hybridized carbons (Fsp3) is 0.120. The van der Waals surface area contributed by atoms with Gasteiger partial charge in [-0.05, 0) is 29.8 Å². The van der Waals surface area contributed by atoms with Gasteiger partial charge in [0.1, 0.15) is 11.3 Å². The number of fused-ring (bicyclic) bond motifs is 1. The van der Waals surface area contributed by atoms with Gasteiger partial charge in [-0.15, -0.1) is 0 Å². The van der Waals surface area contributed by atoms with Crippen LogP contribution in [0.4, 0.5) is 40.8 Å². The third kappa shape index (κ3) is 4.56. The molecule has 1 aliphatic heterocycles. The van der Waals surface area contributed by atoms with Gasteiger partial charge in [-0.2, -0.15) is 18.4 Å². The highest BCUT2D eigenvalue weighted by Gasteiger charge is 2.48. The third-order valence-corrected chi connectivity index (χ3v) is 5.80. The molecule has 4 rings (SSSR count). The maximum Gasteiger partial charge on any atom is 0.422 e. The van der Waals surface area contributed by atoms with Gasteiger partial charge in [0.05, 0.1) is 22.8 Å². The van der Waals surface area contributed by atoms with Crippen LogP contribution >= 0.6 is 0 Å². The summed E-state index contributed by atoms with van der Waals surface area (Å²) in [6.07, 6.45) is -8.50. The Morgan fingerprint density at radius 2 is 1.33 bits per heavy atom. The van der Waals surface area contributed by atoms with Crippen molar-refractivity contribution in [3.8, 4) is 6.07 Å². The first-order valence-electron chi connectivity index (χ1n) is 10.6. The molecule has 3 aromatic rings. The molecule has 3 amide bonds. The van der Waals surface area contributed by atoms with E-state index in [1.54, 1.807) is 6.07 Å². The highest BCUT2D eigenvalue weighted by molar-refractivity contribution is 6.23. The minimum Gasteiger partial charge on any atom is -0.319 e. The fourth-order valence-electron chi connectivity index (χ4n) is 3.95. The van der Waals surface area contributed by atoms with Crippen molar-refractivity contribution >= 4 is 23.4 Å². The fourth-order valence-corrected chi connectivity index (χ4v) is 3.95. The van der Waals surface area contributed by atoms with Crippen LogP contribution in [-0.4, -0.2) is 28.7 Å². The summed E-state index contributed by atoms with van der Waals surface area (Å²) in [4.78, 5) is 39.2. The number of carbonyl (C=O) groups is 3. The Hall–Kier alpha value is -4.80. The van der Waals surface area contributed by atoms with E-state index in [9.17, 15) is 45.1 Å². The Morgan fingerprint density at radius 3 is 1.77 bits per heavy atom. The van der Waals surface area contributed by atoms with E-state index in [1.807, 2.05) is 0 Å². The zero-order valence-corrected chi connectivity index (χ0v) is 18.9. The van der Waals surface area contributed by atoms with E-state index in [2.05, 4.69) is 0 Å². The molecular formula is C25H11F8N3O3. The van der Waals surface area contributed by atoms with E-state index in [4.69, 9.17) is 5.26 Å². The molecule has 0 aliphatic carbocycles. The maximum atomic E-state index is 15.8. The van der Waals surface area contributed by atoms with Crippen LogP contribution in [0.2, 0.25) is 0 Å². The first-order valence-corrected chi connectivity index (χ1v) is 10.6. The molecule has 1 N–H and O–H groups in total. The van der Waals surface area contributed by atoms with Crippen molar-refractivity contribution in [3.05, 3.63) is 99.6 Å². The molecule has 0 unspecified atom stereocenters. The second kappa shape index (κ2) is 9.82. The Morgan fingerprint density at radius 1 is 0.846 bits per heavy atom. The molecule has 0 fully saturated rings. The number of halogens is 8. The number of anilines is 1. The number of rotatable bonds is 5. The van der Waals surface area contributed by atoms with E-state index in [0.717, 1.165) is 24.3 Å². The van der Waals surface area contributed by atoms with E-state index < -0.39 is 76.2 Å². The normalized spacial score (nSPS) is 14.6. The molecule has 1 heterocycles. The molecule has 0 radical (unpaired) electrons. The van der Waals surface area contributed by atoms with Crippen LogP contribution in [0.5, 0.6) is 0 Å². The number of benzene rings is 3. The van der Waals surface area contributed by atoms with Crippen molar-refractivity contribution in [2.24, 2.45) is 0 Å². The van der Waals surface area contributed by atoms with Gasteiger partial charge in [0.2, 0.25) is 0 Å². The monoisotopic (exact) mass is 553 g/mol. The summed E-state index contributed by atoms with van der Waals surface area (Å²) >= 11 is 0. The van der Waals surface area contributed by atoms with E-state index in [-0.39, 0.29) is 21.6 Å². The minimum atomic E-state index is -5.86. The number of nitrogens with zero attached hydrogens (tertiary/aromatic N) is 2. The summed E-state index contributed by atoms with van der Waals surface area (Å²) in [7, 11) is 0. The lowest BCUT2D eigenvalue weighted by atomic mass is 10.00. The Balaban J connectivity index is 1.82. The first-order chi connectivity index (χ1) is 18.3. The summed E-state index contributed by atoms with van der Waals surface area (Å²) in [5.41, 5.74) is -5.85. The lowest BCUT2D eigenvalue weighted by Gasteiger charge is -2.28. The van der Waals surface area contributed by atoms with Gasteiger partial charge in [-0.3, -0.25) is 19.3 Å². The Labute approximate surface area is 213 Å². The second-order valence-electron chi connectivity index (χ2n) is 8.10. The van der Waals surface area contributed by atoms with Crippen molar-refractivity contribution in [2.75, 3.05) is 5.32 Å². The average molecular weight is 553 g/mol. The lowest BCUT2D eigenvalue weighted by Crippen LogP contribution is -2.50. The van der Waals surface area contributed by atoms with Crippen molar-refractivity contribution in [3.63, 3.8) is 0 Å². The molecule has 0 aromatic heterocycles. The smallest absolute Gasteiger partial charge is 0.319 e. The number of nitrogens with one attached hydrogen (secondary N) is 1. The largest absolute Gasteiger partial charge is 0.422 e. The quantitative estimate of drug-likeness (QED) is 0.259. The highest BCUT2D eigenvalue weighted by atomic mass is 19.4. The number of nitriles is 1. The van der Waals surface area contributed by atoms with Crippen LogP contribution in [0.15, 0.2) is 48.5 Å². The lowest BCUT2D eigenvalue weighted by molar-refractivity contribution is -0.143. The average Bonchev–Trinajstić information content (AvgIpc) is 3.15. The Kier molecular flexibility index (Phi) is 6.86. The summed E-state index contributed by atoms with van der Waals surface area (Å²) in [5.74, 6) is -15.4. The van der Waals surface area contributed by atoms with Gasteiger partial charge in [0.25, 0.3) is 17.7 Å². The van der Waals surface area contributed by atoms with Gasteiger partial charge in [-0.1, -0.05) is 24.3 Å². The number of amides is 3. The summed E-state index contributed by atoms with van der Waals surface area (Å²) in [6.45, 7) is 0. The predicted octanol–water partition coefficient (Wildman–Crippen LogP) is 5.45. The zero-order valence-electron chi connectivity index (χ0n) is 18.9. The van der Waals surface area contributed by atoms with Crippen LogP contribution in [0.1, 0.15) is 43.6 Å². The van der Waals surface area contributed by atoms with E-state index >= 15 is 4.39 Å². The van der Waals surface area contributed by atoms with E-state index in [0.29, 0.717) is 0 Å². The molecular weight excluding hydrogens is 542 g/mol. The molecule has 1 aliphatic rings. The van der Waals surface area contributed by atoms with Gasteiger partial charge in [-0.25, -0.2) is 22.0 Å². The van der Waals surface area contributed by atoms with E-state index in [1.165, 1.54) is 29.6 Å². The van der Waals surface area contributed by atoms with Crippen LogP contribution in [-0.2, 0) is 11.0 Å². The number of alkyl halides is 4. The molecule has 0 saturated carbocycles. The highest BCUT2D eigenvalue weighted by Crippen LogP contribution is 2.39. The minimum absolute atomic E-state index is 0.0486. The molecule has 2 atom stereocenters. The van der Waals surface area contributed by atoms with Crippen molar-refractivity contribution < 1.29 is 49.5 Å². The molecule has 14 heteroatoms. The standard InChI is InChI=1S/C25H11F8N3O3/c26-15(11-7-5-10(9-34)6-8-11)21(36-23(38)12-3-1-2-4-13(12)24(36)39)22(37)35-20-18(29)16(27)14(25(31,32)33)17(28)19(20)30/h1-8,15,21H,(H,35,37)/t15-,21-/m0/s1. The second-order valence-corrected chi connectivity index (χ2v) is 8.10. The van der Waals surface area contributed by atoms with Crippen LogP contribution in [0, 0.1) is 34.6 Å². The maximum absolute atomic E-state index is 15.8. The molecule has 6 nitrogen and oxygen atoms in total. The van der Waals surface area contributed by atoms with Gasteiger partial charge < -0.3 is 5.32 Å². The number of hydrogen-bond donors (Lipinski definition) is 1. The van der Waals surface area contributed by atoms with Gasteiger partial charge in [0, 0.05) is 0 Å². The summed E-state index contributed by atoms with van der Waals surface area (Å²) < 4.78 is 112. The SMILES string of the molecule is N#Cc1ccc([C@H](F)[C@@H](C(=O)Nc2c(F)c(F)c(C(F)(F)F)c(F)c2F)N2C(=O)c3ccccc3C2=O)cc1. The third-order valence-electron chi connectivity index (χ3n) is 5.80. The van der Waals surface area contributed by atoms with Gasteiger partial charge >= 0.3 is 6.18 Å². The zero-order chi connectivity index (χ0) is 28.8. The van der Waals surface area contributed by atoms with Crippen LogP contribution < -0.4 is 5.32 Å². The van der Waals surface area contributed by atoms with Crippen LogP contribution in [0.25, 0.3) is 0 Å². The topological polar surface area (TPSA) is 90.3 Å². The van der Waals surface area contributed by atoms with Gasteiger partial charge in [0.15, 0.2) is 35.5 Å².